The van der Waals surface area contributed by atoms with Crippen LogP contribution in [0.4, 0.5) is 0 Å². The van der Waals surface area contributed by atoms with Crippen LogP contribution >= 0.6 is 8.58 Å². The number of carbonyl (C=O) groups excluding carboxylic acids is 1. The quantitative estimate of drug-likeness (QED) is 0.608. The number of hydrogen-bond acceptors (Lipinski definition) is 1. The van der Waals surface area contributed by atoms with Crippen LogP contribution in [-0.4, -0.2) is 17.1 Å². The number of carbonyl (C=O) groups is 1. The monoisotopic (exact) mass is 308 g/mol. The van der Waals surface area contributed by atoms with Gasteiger partial charge >= 0.3 is 0 Å². The van der Waals surface area contributed by atoms with Gasteiger partial charge in [0, 0.05) is 12.1 Å². The molecule has 0 aromatic heterocycles. The number of Topliss-reactive ketones (excluding diaryl/α,β-unsaturated/α-hetero) is 1. The third kappa shape index (κ3) is 4.31. The van der Waals surface area contributed by atoms with Gasteiger partial charge in [0.05, 0.1) is 0 Å². The molecule has 3 aliphatic rings. The summed E-state index contributed by atoms with van der Waals surface area (Å²) in [6.45, 7) is 0. The first-order valence-corrected chi connectivity index (χ1v) is 10.8. The molecule has 0 spiro atoms. The Hall–Kier alpha value is 0.100. The molecule has 0 aromatic carbocycles. The molecular formula is C19H33OP. The second-order valence-electron chi connectivity index (χ2n) is 7.75. The number of hydrogen-bond donors (Lipinski definition) is 0. The van der Waals surface area contributed by atoms with Gasteiger partial charge in [-0.25, -0.2) is 0 Å². The van der Waals surface area contributed by atoms with Crippen LogP contribution in [0, 0.1) is 11.8 Å². The summed E-state index contributed by atoms with van der Waals surface area (Å²) >= 11 is 0. The maximum Gasteiger partial charge on any atom is 0.139 e. The number of ketones is 1. The molecule has 0 aromatic rings. The normalized spacial score (nSPS) is 30.5. The van der Waals surface area contributed by atoms with Crippen molar-refractivity contribution >= 4 is 14.4 Å². The van der Waals surface area contributed by atoms with E-state index in [0.717, 1.165) is 38.9 Å². The summed E-state index contributed by atoms with van der Waals surface area (Å²) in [6, 6.07) is 0. The summed E-state index contributed by atoms with van der Waals surface area (Å²) in [6.07, 6.45) is 19.2. The summed E-state index contributed by atoms with van der Waals surface area (Å²) in [4.78, 5) is 12.3. The minimum atomic E-state index is 0.465. The SMILES string of the molecule is O=C1CCCCC1PC(C1CCCCC1)C1CCCCC1. The largest absolute Gasteiger partial charge is 0.299 e. The van der Waals surface area contributed by atoms with Crippen LogP contribution in [0.25, 0.3) is 0 Å². The average Bonchev–Trinajstić information content (AvgIpc) is 2.56. The zero-order valence-corrected chi connectivity index (χ0v) is 14.6. The van der Waals surface area contributed by atoms with Crippen molar-refractivity contribution in [2.75, 3.05) is 0 Å². The lowest BCUT2D eigenvalue weighted by Gasteiger charge is -2.40. The predicted octanol–water partition coefficient (Wildman–Crippen LogP) is 5.71. The summed E-state index contributed by atoms with van der Waals surface area (Å²) in [5, 5.41) is 0. The van der Waals surface area contributed by atoms with Gasteiger partial charge in [-0.05, 0) is 56.0 Å². The van der Waals surface area contributed by atoms with Crippen molar-refractivity contribution in [1.82, 2.24) is 0 Å². The molecule has 0 bridgehead atoms. The van der Waals surface area contributed by atoms with Crippen molar-refractivity contribution in [3.63, 3.8) is 0 Å². The lowest BCUT2D eigenvalue weighted by molar-refractivity contribution is -0.119. The highest BCUT2D eigenvalue weighted by Crippen LogP contribution is 2.48. The van der Waals surface area contributed by atoms with Crippen LogP contribution in [0.3, 0.4) is 0 Å². The van der Waals surface area contributed by atoms with E-state index in [9.17, 15) is 4.79 Å². The highest BCUT2D eigenvalue weighted by molar-refractivity contribution is 7.41. The molecule has 0 N–H and O–H groups in total. The fourth-order valence-corrected chi connectivity index (χ4v) is 7.41. The van der Waals surface area contributed by atoms with Crippen molar-refractivity contribution < 1.29 is 4.79 Å². The van der Waals surface area contributed by atoms with Crippen molar-refractivity contribution in [2.45, 2.75) is 101 Å². The van der Waals surface area contributed by atoms with Crippen molar-refractivity contribution in [1.29, 1.82) is 0 Å². The molecule has 2 heteroatoms. The second kappa shape index (κ2) is 8.09. The van der Waals surface area contributed by atoms with Crippen LogP contribution < -0.4 is 0 Å². The molecule has 3 fully saturated rings. The minimum absolute atomic E-state index is 0.465. The minimum Gasteiger partial charge on any atom is -0.299 e. The first-order chi connectivity index (χ1) is 10.3. The summed E-state index contributed by atoms with van der Waals surface area (Å²) < 4.78 is 0. The van der Waals surface area contributed by atoms with Gasteiger partial charge in [-0.3, -0.25) is 4.79 Å². The molecule has 0 radical (unpaired) electrons. The van der Waals surface area contributed by atoms with E-state index in [1.54, 1.807) is 0 Å². The molecule has 3 aliphatic carbocycles. The van der Waals surface area contributed by atoms with Crippen molar-refractivity contribution in [3.8, 4) is 0 Å². The van der Waals surface area contributed by atoms with Crippen LogP contribution in [-0.2, 0) is 4.79 Å². The first kappa shape index (κ1) is 16.0. The topological polar surface area (TPSA) is 17.1 Å². The molecule has 0 heterocycles. The standard InChI is InChI=1S/C19H33OP/c20-17-13-7-8-14-18(17)21-19(15-9-3-1-4-10-15)16-11-5-2-6-12-16/h15-16,18-19,21H,1-14H2. The lowest BCUT2D eigenvalue weighted by Crippen LogP contribution is -2.33. The van der Waals surface area contributed by atoms with Gasteiger partial charge in [0.1, 0.15) is 5.78 Å². The molecule has 2 atom stereocenters. The molecular weight excluding hydrogens is 275 g/mol. The fourth-order valence-electron chi connectivity index (χ4n) is 5.04. The summed E-state index contributed by atoms with van der Waals surface area (Å²) in [5.74, 6) is 2.56. The van der Waals surface area contributed by atoms with Crippen LogP contribution in [0.15, 0.2) is 0 Å². The Balaban J connectivity index is 1.66. The van der Waals surface area contributed by atoms with E-state index in [1.165, 1.54) is 77.0 Å². The second-order valence-corrected chi connectivity index (χ2v) is 9.45. The predicted molar refractivity (Wildman–Crippen MR) is 92.5 cm³/mol. The highest BCUT2D eigenvalue weighted by atomic mass is 31.1. The zero-order valence-electron chi connectivity index (χ0n) is 13.6. The molecule has 120 valence electrons. The van der Waals surface area contributed by atoms with E-state index in [0.29, 0.717) is 11.4 Å². The van der Waals surface area contributed by atoms with Crippen LogP contribution in [0.1, 0.15) is 89.9 Å². The highest BCUT2D eigenvalue weighted by Gasteiger charge is 2.35. The van der Waals surface area contributed by atoms with Gasteiger partial charge in [-0.15, -0.1) is 8.58 Å². The van der Waals surface area contributed by atoms with E-state index >= 15 is 0 Å². The van der Waals surface area contributed by atoms with Crippen LogP contribution in [0.2, 0.25) is 0 Å². The molecule has 3 saturated carbocycles. The third-order valence-electron chi connectivity index (χ3n) is 6.26. The van der Waals surface area contributed by atoms with Crippen molar-refractivity contribution in [3.05, 3.63) is 0 Å². The van der Waals surface area contributed by atoms with E-state index in [-0.39, 0.29) is 0 Å². The van der Waals surface area contributed by atoms with E-state index in [1.807, 2.05) is 0 Å². The maximum atomic E-state index is 12.3. The first-order valence-electron chi connectivity index (χ1n) is 9.63. The van der Waals surface area contributed by atoms with E-state index < -0.39 is 0 Å². The lowest BCUT2D eigenvalue weighted by atomic mass is 9.77. The van der Waals surface area contributed by atoms with Gasteiger partial charge in [-0.2, -0.15) is 0 Å². The van der Waals surface area contributed by atoms with Crippen molar-refractivity contribution in [2.24, 2.45) is 11.8 Å². The Bertz CT molecular complexity index is 310. The molecule has 0 amide bonds. The Morgan fingerprint density at radius 2 is 1.24 bits per heavy atom. The summed E-state index contributed by atoms with van der Waals surface area (Å²) in [7, 11) is 0.965. The molecule has 1 nitrogen and oxygen atoms in total. The van der Waals surface area contributed by atoms with Gasteiger partial charge in [0.15, 0.2) is 0 Å². The number of rotatable bonds is 4. The smallest absolute Gasteiger partial charge is 0.139 e. The van der Waals surface area contributed by atoms with Gasteiger partial charge < -0.3 is 0 Å². The third-order valence-corrected chi connectivity index (χ3v) is 8.60. The Kier molecular flexibility index (Phi) is 6.16. The van der Waals surface area contributed by atoms with Gasteiger partial charge in [0.2, 0.25) is 0 Å². The molecule has 0 aliphatic heterocycles. The van der Waals surface area contributed by atoms with E-state index in [2.05, 4.69) is 0 Å². The zero-order chi connectivity index (χ0) is 14.5. The molecule has 3 rings (SSSR count). The summed E-state index contributed by atoms with van der Waals surface area (Å²) in [5.41, 5.74) is 1.38. The Morgan fingerprint density at radius 3 is 1.76 bits per heavy atom. The fraction of sp³-hybridized carbons (Fsp3) is 0.947. The molecule has 21 heavy (non-hydrogen) atoms. The van der Waals surface area contributed by atoms with Gasteiger partial charge in [0.25, 0.3) is 0 Å². The Labute approximate surface area is 132 Å². The van der Waals surface area contributed by atoms with E-state index in [4.69, 9.17) is 0 Å². The average molecular weight is 308 g/mol. The van der Waals surface area contributed by atoms with Crippen LogP contribution in [0.5, 0.6) is 0 Å². The molecule has 0 saturated heterocycles. The van der Waals surface area contributed by atoms with Gasteiger partial charge in [-0.1, -0.05) is 44.9 Å². The maximum absolute atomic E-state index is 12.3. The molecule has 2 unspecified atom stereocenters. The Morgan fingerprint density at radius 1 is 0.714 bits per heavy atom.